The lowest BCUT2D eigenvalue weighted by Gasteiger charge is -2.28. The Morgan fingerprint density at radius 2 is 1.59 bits per heavy atom. The van der Waals surface area contributed by atoms with Crippen molar-refractivity contribution in [1.29, 1.82) is 0 Å². The smallest absolute Gasteiger partial charge is 0.416 e. The Hall–Kier alpha value is -4.13. The summed E-state index contributed by atoms with van der Waals surface area (Å²) in [7, 11) is 3.34. The number of aliphatic carboxylic acids is 1. The summed E-state index contributed by atoms with van der Waals surface area (Å²) in [5, 5.41) is 12.3. The van der Waals surface area contributed by atoms with Gasteiger partial charge in [-0.3, -0.25) is 14.4 Å². The summed E-state index contributed by atoms with van der Waals surface area (Å²) < 4.78 is 90.0. The number of carboxylic acids is 1. The molecule has 2 aromatic carbocycles. The minimum atomic E-state index is -4.84. The predicted molar refractivity (Wildman–Crippen MR) is 173 cm³/mol. The number of nitrogens with one attached hydrogen (secondary N) is 1. The van der Waals surface area contributed by atoms with Crippen molar-refractivity contribution in [3.8, 4) is 11.1 Å². The maximum absolute atomic E-state index is 16.8. The Kier molecular flexibility index (Phi) is 11.4. The summed E-state index contributed by atoms with van der Waals surface area (Å²) in [5.41, 5.74) is -1.51. The number of carbonyl (C=O) groups excluding carboxylic acids is 1. The van der Waals surface area contributed by atoms with Crippen LogP contribution in [0.4, 0.5) is 26.3 Å². The van der Waals surface area contributed by atoms with Crippen LogP contribution in [-0.4, -0.2) is 47.1 Å². The minimum Gasteiger partial charge on any atom is -0.481 e. The van der Waals surface area contributed by atoms with E-state index in [1.165, 1.54) is 12.1 Å². The third-order valence-corrected chi connectivity index (χ3v) is 8.90. The second-order valence-electron chi connectivity index (χ2n) is 13.5. The van der Waals surface area contributed by atoms with E-state index in [0.717, 1.165) is 10.8 Å². The van der Waals surface area contributed by atoms with E-state index < -0.39 is 70.7 Å². The van der Waals surface area contributed by atoms with E-state index in [-0.39, 0.29) is 48.4 Å². The molecule has 4 rings (SSSR count). The highest BCUT2D eigenvalue weighted by Gasteiger charge is 2.37. The van der Waals surface area contributed by atoms with Crippen LogP contribution in [0.3, 0.4) is 0 Å². The van der Waals surface area contributed by atoms with Gasteiger partial charge >= 0.3 is 12.1 Å². The molecule has 49 heavy (non-hydrogen) atoms. The van der Waals surface area contributed by atoms with Crippen LogP contribution in [0.5, 0.6) is 0 Å². The van der Waals surface area contributed by atoms with Crippen molar-refractivity contribution in [3.05, 3.63) is 91.1 Å². The molecule has 1 amide bonds. The van der Waals surface area contributed by atoms with Crippen LogP contribution < -0.4 is 10.9 Å². The molecule has 0 radical (unpaired) electrons. The molecule has 2 atom stereocenters. The van der Waals surface area contributed by atoms with Crippen molar-refractivity contribution >= 4 is 11.9 Å². The van der Waals surface area contributed by atoms with Crippen LogP contribution in [0.1, 0.15) is 84.1 Å². The number of hydrogen-bond donors (Lipinski definition) is 2. The molecule has 0 saturated carbocycles. The number of benzene rings is 2. The molecule has 3 aromatic rings. The highest BCUT2D eigenvalue weighted by molar-refractivity contribution is 5.82. The summed E-state index contributed by atoms with van der Waals surface area (Å²) in [4.78, 5) is 41.0. The topological polar surface area (TPSA) is 91.6 Å². The van der Waals surface area contributed by atoms with E-state index in [1.54, 1.807) is 46.7 Å². The van der Waals surface area contributed by atoms with Gasteiger partial charge in [-0.25, -0.2) is 13.2 Å². The molecule has 2 N–H and O–H groups in total. The van der Waals surface area contributed by atoms with Gasteiger partial charge in [0, 0.05) is 29.9 Å². The first kappa shape index (κ1) is 37.7. The van der Waals surface area contributed by atoms with Gasteiger partial charge in [-0.05, 0) is 111 Å². The number of amides is 1. The SMILES string of the molecule is Cc1cc(F)cc(C)c1-c1c(F)c([C@@H](CC(=O)O)NC(=O)[C@H](CC(C)C)n2cc(CCN(C)C)c(C(F)(F)F)cc2=O)c(F)c2c1CCC2. The molecular formula is C36H41F6N3O4. The number of likely N-dealkylation sites (N-methyl/N-ethyl adjacent to an activating group) is 1. The van der Waals surface area contributed by atoms with Crippen LogP contribution >= 0.6 is 0 Å². The number of rotatable bonds is 12. The monoisotopic (exact) mass is 693 g/mol. The lowest BCUT2D eigenvalue weighted by molar-refractivity contribution is -0.139. The quantitative estimate of drug-likeness (QED) is 0.198. The second kappa shape index (κ2) is 14.8. The molecule has 1 aliphatic carbocycles. The number of alkyl halides is 3. The molecule has 13 heteroatoms. The number of carboxylic acid groups (broad SMARTS) is 1. The molecular weight excluding hydrogens is 652 g/mol. The van der Waals surface area contributed by atoms with Gasteiger partial charge in [0.2, 0.25) is 5.91 Å². The highest BCUT2D eigenvalue weighted by atomic mass is 19.4. The Labute approximate surface area is 280 Å². The summed E-state index contributed by atoms with van der Waals surface area (Å²) in [6.07, 6.45) is -3.92. The average Bonchev–Trinajstić information content (AvgIpc) is 3.45. The number of pyridine rings is 1. The van der Waals surface area contributed by atoms with Gasteiger partial charge in [0.25, 0.3) is 5.56 Å². The second-order valence-corrected chi connectivity index (χ2v) is 13.5. The third-order valence-electron chi connectivity index (χ3n) is 8.90. The van der Waals surface area contributed by atoms with Crippen molar-refractivity contribution < 1.29 is 41.0 Å². The fourth-order valence-corrected chi connectivity index (χ4v) is 6.76. The van der Waals surface area contributed by atoms with Crippen molar-refractivity contribution in [2.75, 3.05) is 20.6 Å². The molecule has 0 fully saturated rings. The van der Waals surface area contributed by atoms with E-state index in [1.807, 2.05) is 0 Å². The molecule has 0 spiro atoms. The van der Waals surface area contributed by atoms with Crippen LogP contribution in [0.2, 0.25) is 0 Å². The van der Waals surface area contributed by atoms with Gasteiger partial charge in [0.15, 0.2) is 0 Å². The van der Waals surface area contributed by atoms with Crippen LogP contribution in [0.15, 0.2) is 29.2 Å². The number of halogens is 6. The Morgan fingerprint density at radius 1 is 0.980 bits per heavy atom. The van der Waals surface area contributed by atoms with E-state index in [9.17, 15) is 37.1 Å². The molecule has 7 nitrogen and oxygen atoms in total. The van der Waals surface area contributed by atoms with E-state index in [2.05, 4.69) is 5.32 Å². The maximum atomic E-state index is 16.8. The normalized spacial score (nSPS) is 14.3. The van der Waals surface area contributed by atoms with Gasteiger partial charge in [-0.15, -0.1) is 0 Å². The fraction of sp³-hybridized carbons (Fsp3) is 0.472. The summed E-state index contributed by atoms with van der Waals surface area (Å²) >= 11 is 0. The molecule has 1 aromatic heterocycles. The van der Waals surface area contributed by atoms with E-state index in [4.69, 9.17) is 0 Å². The highest BCUT2D eigenvalue weighted by Crippen LogP contribution is 2.43. The van der Waals surface area contributed by atoms with Crippen LogP contribution in [0, 0.1) is 37.2 Å². The van der Waals surface area contributed by atoms with Gasteiger partial charge in [-0.1, -0.05) is 13.8 Å². The first-order chi connectivity index (χ1) is 22.8. The van der Waals surface area contributed by atoms with Crippen molar-refractivity contribution in [3.63, 3.8) is 0 Å². The van der Waals surface area contributed by atoms with Crippen molar-refractivity contribution in [1.82, 2.24) is 14.8 Å². The molecule has 0 bridgehead atoms. The number of nitrogens with zero attached hydrogens (tertiary/aromatic N) is 2. The van der Waals surface area contributed by atoms with Gasteiger partial charge in [0.05, 0.1) is 18.0 Å². The molecule has 0 aliphatic heterocycles. The van der Waals surface area contributed by atoms with Crippen molar-refractivity contribution in [2.45, 2.75) is 84.5 Å². The van der Waals surface area contributed by atoms with Gasteiger partial charge in [0.1, 0.15) is 23.5 Å². The Bertz CT molecular complexity index is 1790. The first-order valence-corrected chi connectivity index (χ1v) is 16.1. The Balaban J connectivity index is 1.88. The number of aromatic nitrogens is 1. The Morgan fingerprint density at radius 3 is 2.14 bits per heavy atom. The fourth-order valence-electron chi connectivity index (χ4n) is 6.76. The predicted octanol–water partition coefficient (Wildman–Crippen LogP) is 7.08. The zero-order valence-electron chi connectivity index (χ0n) is 28.3. The van der Waals surface area contributed by atoms with Gasteiger partial charge in [-0.2, -0.15) is 13.2 Å². The lowest BCUT2D eigenvalue weighted by atomic mass is 9.86. The third kappa shape index (κ3) is 8.20. The number of hydrogen-bond acceptors (Lipinski definition) is 4. The number of carbonyl (C=O) groups is 2. The van der Waals surface area contributed by atoms with Gasteiger partial charge < -0.3 is 19.9 Å². The largest absolute Gasteiger partial charge is 0.481 e. The summed E-state index contributed by atoms with van der Waals surface area (Å²) in [5.74, 6) is -5.41. The first-order valence-electron chi connectivity index (χ1n) is 16.1. The molecule has 266 valence electrons. The molecule has 1 aliphatic rings. The maximum Gasteiger partial charge on any atom is 0.416 e. The standard InChI is InChI=1S/C36H41F6N3O4/c1-18(2)12-27(45-17-21(10-11-44(5)6)25(15-28(45)46)36(40,41)42)35(49)43-26(16-29(47)48)32-33(38)24-9-7-8-23(24)31(34(32)39)30-19(3)13-22(37)14-20(30)4/h13-15,17-18,26-27H,7-12,16H2,1-6H3,(H,43,49)(H,47,48)/t26-,27+/m1/s1. The number of aryl methyl sites for hydroxylation is 2. The molecule has 1 heterocycles. The summed E-state index contributed by atoms with van der Waals surface area (Å²) in [6, 6.07) is -0.337. The number of fused-ring (bicyclic) bond motifs is 1. The van der Waals surface area contributed by atoms with E-state index in [0.29, 0.717) is 41.2 Å². The van der Waals surface area contributed by atoms with Crippen LogP contribution in [-0.2, 0) is 35.0 Å². The summed E-state index contributed by atoms with van der Waals surface area (Å²) in [6.45, 7) is 6.80. The molecule has 0 unspecified atom stereocenters. The van der Waals surface area contributed by atoms with Crippen LogP contribution in [0.25, 0.3) is 11.1 Å². The average molecular weight is 694 g/mol. The zero-order valence-corrected chi connectivity index (χ0v) is 28.3. The lowest BCUT2D eigenvalue weighted by Crippen LogP contribution is -2.41. The van der Waals surface area contributed by atoms with Crippen molar-refractivity contribution in [2.24, 2.45) is 5.92 Å². The van der Waals surface area contributed by atoms with E-state index >= 15 is 8.78 Å². The molecule has 0 saturated heterocycles. The minimum absolute atomic E-state index is 0.00626. The zero-order chi connectivity index (χ0) is 36.5.